The van der Waals surface area contributed by atoms with Gasteiger partial charge in [-0.25, -0.2) is 0 Å². The summed E-state index contributed by atoms with van der Waals surface area (Å²) in [6.45, 7) is -0.453. The molecule has 0 atom stereocenters. The molecule has 0 aromatic heterocycles. The van der Waals surface area contributed by atoms with Crippen LogP contribution in [0.5, 0.6) is 5.75 Å². The molecule has 1 aliphatic heterocycles. The van der Waals surface area contributed by atoms with Crippen molar-refractivity contribution >= 4 is 56.9 Å². The summed E-state index contributed by atoms with van der Waals surface area (Å²) in [5.74, 6) is -1.14. The van der Waals surface area contributed by atoms with Crippen LogP contribution in [-0.4, -0.2) is 41.5 Å². The van der Waals surface area contributed by atoms with Gasteiger partial charge in [0.1, 0.15) is 12.3 Å². The van der Waals surface area contributed by atoms with Crippen molar-refractivity contribution in [3.05, 3.63) is 77.7 Å². The molecule has 1 fully saturated rings. The molecule has 2 N–H and O–H groups in total. The van der Waals surface area contributed by atoms with Gasteiger partial charge in [0.15, 0.2) is 0 Å². The standard InChI is InChI=1S/C24H19N3O5S/c1-32-17-11-9-16(10-12-17)25-21(28)13-20-23(30)27(24(31)33-20)14-22(29)26-19-8-4-6-15-5-2-3-7-18(15)19/h2-13H,14H2,1H3,(H,25,28)(H,26,29). The second-order valence-electron chi connectivity index (χ2n) is 7.06. The summed E-state index contributed by atoms with van der Waals surface area (Å²) in [6, 6.07) is 19.7. The Morgan fingerprint density at radius 2 is 1.70 bits per heavy atom. The van der Waals surface area contributed by atoms with E-state index in [0.29, 0.717) is 28.9 Å². The maximum atomic E-state index is 12.6. The Kier molecular flexibility index (Phi) is 6.41. The summed E-state index contributed by atoms with van der Waals surface area (Å²) in [7, 11) is 1.53. The number of hydrogen-bond donors (Lipinski definition) is 2. The third-order valence-corrected chi connectivity index (χ3v) is 5.77. The molecule has 0 bridgehead atoms. The van der Waals surface area contributed by atoms with Crippen molar-refractivity contribution in [1.82, 2.24) is 4.90 Å². The fraction of sp³-hybridized carbons (Fsp3) is 0.0833. The molecule has 1 saturated heterocycles. The van der Waals surface area contributed by atoms with Gasteiger partial charge in [-0.1, -0.05) is 36.4 Å². The maximum absolute atomic E-state index is 12.6. The normalized spacial score (nSPS) is 14.6. The van der Waals surface area contributed by atoms with Crippen LogP contribution in [0.3, 0.4) is 0 Å². The highest BCUT2D eigenvalue weighted by atomic mass is 32.2. The fourth-order valence-corrected chi connectivity index (χ4v) is 4.09. The van der Waals surface area contributed by atoms with Crippen LogP contribution in [0, 0.1) is 0 Å². The van der Waals surface area contributed by atoms with Crippen molar-refractivity contribution in [3.8, 4) is 5.75 Å². The van der Waals surface area contributed by atoms with Gasteiger partial charge >= 0.3 is 0 Å². The zero-order chi connectivity index (χ0) is 23.4. The summed E-state index contributed by atoms with van der Waals surface area (Å²) >= 11 is 0.615. The van der Waals surface area contributed by atoms with Crippen molar-refractivity contribution < 1.29 is 23.9 Å². The summed E-state index contributed by atoms with van der Waals surface area (Å²) in [5.41, 5.74) is 1.09. The number of amides is 4. The number of ether oxygens (including phenoxy) is 1. The molecule has 4 rings (SSSR count). The van der Waals surface area contributed by atoms with Crippen LogP contribution in [0.2, 0.25) is 0 Å². The molecule has 0 unspecified atom stereocenters. The average Bonchev–Trinajstić information content (AvgIpc) is 3.07. The number of thioether (sulfide) groups is 1. The lowest BCUT2D eigenvalue weighted by atomic mass is 10.1. The highest BCUT2D eigenvalue weighted by Crippen LogP contribution is 2.31. The lowest BCUT2D eigenvalue weighted by Gasteiger charge is -2.13. The van der Waals surface area contributed by atoms with E-state index in [-0.39, 0.29) is 4.91 Å². The molecule has 9 heteroatoms. The number of fused-ring (bicyclic) bond motifs is 1. The molecule has 3 aromatic carbocycles. The van der Waals surface area contributed by atoms with E-state index in [4.69, 9.17) is 4.74 Å². The largest absolute Gasteiger partial charge is 0.497 e. The molecule has 33 heavy (non-hydrogen) atoms. The second kappa shape index (κ2) is 9.58. The number of anilines is 2. The number of carbonyl (C=O) groups excluding carboxylic acids is 4. The molecular formula is C24H19N3O5S. The van der Waals surface area contributed by atoms with Crippen molar-refractivity contribution in [2.45, 2.75) is 0 Å². The SMILES string of the molecule is COc1ccc(NC(=O)C=C2SC(=O)N(CC(=O)Nc3cccc4ccccc34)C2=O)cc1. The monoisotopic (exact) mass is 461 g/mol. The lowest BCUT2D eigenvalue weighted by molar-refractivity contribution is -0.127. The van der Waals surface area contributed by atoms with E-state index >= 15 is 0 Å². The van der Waals surface area contributed by atoms with E-state index < -0.39 is 29.5 Å². The van der Waals surface area contributed by atoms with Crippen LogP contribution >= 0.6 is 11.8 Å². The van der Waals surface area contributed by atoms with Crippen LogP contribution in [0.1, 0.15) is 0 Å². The third kappa shape index (κ3) is 5.04. The molecule has 0 radical (unpaired) electrons. The first-order valence-electron chi connectivity index (χ1n) is 9.92. The van der Waals surface area contributed by atoms with Crippen LogP contribution in [-0.2, 0) is 14.4 Å². The molecule has 166 valence electrons. The van der Waals surface area contributed by atoms with Crippen LogP contribution < -0.4 is 15.4 Å². The van der Waals surface area contributed by atoms with Crippen LogP contribution in [0.25, 0.3) is 10.8 Å². The highest BCUT2D eigenvalue weighted by molar-refractivity contribution is 8.18. The molecule has 4 amide bonds. The Labute approximate surface area is 193 Å². The van der Waals surface area contributed by atoms with Gasteiger partial charge in [-0.3, -0.25) is 24.1 Å². The molecule has 0 saturated carbocycles. The molecule has 3 aromatic rings. The van der Waals surface area contributed by atoms with E-state index in [9.17, 15) is 19.2 Å². The average molecular weight is 461 g/mol. The fourth-order valence-electron chi connectivity index (χ4n) is 3.28. The number of nitrogens with one attached hydrogen (secondary N) is 2. The Morgan fingerprint density at radius 3 is 2.45 bits per heavy atom. The number of hydrogen-bond acceptors (Lipinski definition) is 6. The number of nitrogens with zero attached hydrogens (tertiary/aromatic N) is 1. The quantitative estimate of drug-likeness (QED) is 0.538. The summed E-state index contributed by atoms with van der Waals surface area (Å²) in [6.07, 6.45) is 1.05. The summed E-state index contributed by atoms with van der Waals surface area (Å²) in [4.78, 5) is 50.5. The predicted octanol–water partition coefficient (Wildman–Crippen LogP) is 4.00. The number of imide groups is 1. The molecule has 0 aliphatic carbocycles. The van der Waals surface area contributed by atoms with Gasteiger partial charge in [0.25, 0.3) is 11.1 Å². The minimum Gasteiger partial charge on any atom is -0.497 e. The Bertz CT molecular complexity index is 1280. The van der Waals surface area contributed by atoms with Gasteiger partial charge in [-0.2, -0.15) is 0 Å². The van der Waals surface area contributed by atoms with Gasteiger partial charge in [0.05, 0.1) is 12.0 Å². The maximum Gasteiger partial charge on any atom is 0.294 e. The molecule has 0 spiro atoms. The molecular weight excluding hydrogens is 442 g/mol. The van der Waals surface area contributed by atoms with E-state index in [1.807, 2.05) is 36.4 Å². The first-order chi connectivity index (χ1) is 15.9. The summed E-state index contributed by atoms with van der Waals surface area (Å²) < 4.78 is 5.06. The van der Waals surface area contributed by atoms with Gasteiger partial charge in [-0.15, -0.1) is 0 Å². The number of benzene rings is 3. The molecule has 1 aliphatic rings. The Balaban J connectivity index is 1.41. The zero-order valence-corrected chi connectivity index (χ0v) is 18.3. The van der Waals surface area contributed by atoms with Gasteiger partial charge in [-0.05, 0) is 47.5 Å². The Morgan fingerprint density at radius 1 is 0.970 bits per heavy atom. The number of methoxy groups -OCH3 is 1. The first kappa shape index (κ1) is 22.1. The number of rotatable bonds is 6. The highest BCUT2D eigenvalue weighted by Gasteiger charge is 2.36. The van der Waals surface area contributed by atoms with E-state index in [1.165, 1.54) is 7.11 Å². The van der Waals surface area contributed by atoms with Crippen molar-refractivity contribution in [1.29, 1.82) is 0 Å². The van der Waals surface area contributed by atoms with Gasteiger partial charge < -0.3 is 15.4 Å². The second-order valence-corrected chi connectivity index (χ2v) is 8.05. The van der Waals surface area contributed by atoms with Gasteiger partial charge in [0, 0.05) is 22.8 Å². The smallest absolute Gasteiger partial charge is 0.294 e. The lowest BCUT2D eigenvalue weighted by Crippen LogP contribution is -2.36. The topological polar surface area (TPSA) is 105 Å². The molecule has 8 nitrogen and oxygen atoms in total. The van der Waals surface area contributed by atoms with E-state index in [2.05, 4.69) is 10.6 Å². The van der Waals surface area contributed by atoms with Crippen LogP contribution in [0.4, 0.5) is 16.2 Å². The van der Waals surface area contributed by atoms with Crippen molar-refractivity contribution in [3.63, 3.8) is 0 Å². The molecule has 1 heterocycles. The number of carbonyl (C=O) groups is 4. The van der Waals surface area contributed by atoms with Crippen molar-refractivity contribution in [2.24, 2.45) is 0 Å². The minimum absolute atomic E-state index is 0.0519. The Hall–Kier alpha value is -4.11. The minimum atomic E-state index is -0.692. The van der Waals surface area contributed by atoms with Gasteiger partial charge in [0.2, 0.25) is 11.8 Å². The van der Waals surface area contributed by atoms with Crippen LogP contribution in [0.15, 0.2) is 77.7 Å². The zero-order valence-electron chi connectivity index (χ0n) is 17.5. The third-order valence-electron chi connectivity index (χ3n) is 4.86. The summed E-state index contributed by atoms with van der Waals surface area (Å²) in [5, 5.41) is 6.54. The first-order valence-corrected chi connectivity index (χ1v) is 10.7. The van der Waals surface area contributed by atoms with Crippen molar-refractivity contribution in [2.75, 3.05) is 24.3 Å². The predicted molar refractivity (Wildman–Crippen MR) is 127 cm³/mol. The van der Waals surface area contributed by atoms with E-state index in [0.717, 1.165) is 21.7 Å². The van der Waals surface area contributed by atoms with E-state index in [1.54, 1.807) is 30.3 Å².